The van der Waals surface area contributed by atoms with Gasteiger partial charge < -0.3 is 5.11 Å². The lowest BCUT2D eigenvalue weighted by atomic mass is 10.0. The molecule has 1 heterocycles. The molecular weight excluding hydrogens is 216 g/mol. The molecule has 0 amide bonds. The molecule has 0 spiro atoms. The van der Waals surface area contributed by atoms with Gasteiger partial charge in [-0.25, -0.2) is 4.79 Å². The minimum atomic E-state index is -0.919. The number of hydrogen-bond acceptors (Lipinski definition) is 2. The van der Waals surface area contributed by atoms with Gasteiger partial charge in [0.25, 0.3) is 0 Å². The Bertz CT molecular complexity index is 544. The fourth-order valence-electron chi connectivity index (χ4n) is 1.68. The maximum atomic E-state index is 11.1. The summed E-state index contributed by atoms with van der Waals surface area (Å²) in [6, 6.07) is 7.21. The molecule has 0 bridgehead atoms. The van der Waals surface area contributed by atoms with Gasteiger partial charge in [0.05, 0.1) is 11.8 Å². The molecule has 2 aromatic rings. The summed E-state index contributed by atoms with van der Waals surface area (Å²) < 4.78 is 1.81. The molecule has 0 radical (unpaired) electrons. The van der Waals surface area contributed by atoms with Crippen LogP contribution >= 0.6 is 0 Å². The highest BCUT2D eigenvalue weighted by Gasteiger charge is 2.12. The van der Waals surface area contributed by atoms with Crippen LogP contribution in [0.1, 0.15) is 30.2 Å². The minimum Gasteiger partial charge on any atom is -0.478 e. The van der Waals surface area contributed by atoms with Crippen LogP contribution in [-0.4, -0.2) is 20.9 Å². The largest absolute Gasteiger partial charge is 0.478 e. The molecule has 0 atom stereocenters. The first-order chi connectivity index (χ1) is 8.09. The molecule has 88 valence electrons. The predicted molar refractivity (Wildman–Crippen MR) is 65.0 cm³/mol. The first-order valence-corrected chi connectivity index (χ1v) is 5.46. The van der Waals surface area contributed by atoms with Gasteiger partial charge in [-0.05, 0) is 25.5 Å². The zero-order valence-electron chi connectivity index (χ0n) is 9.79. The van der Waals surface area contributed by atoms with Crippen LogP contribution in [0.15, 0.2) is 36.7 Å². The second kappa shape index (κ2) is 4.41. The van der Waals surface area contributed by atoms with E-state index < -0.39 is 5.97 Å². The van der Waals surface area contributed by atoms with E-state index >= 15 is 0 Å². The van der Waals surface area contributed by atoms with E-state index in [4.69, 9.17) is 5.11 Å². The van der Waals surface area contributed by atoms with Gasteiger partial charge >= 0.3 is 5.97 Å². The number of hydrogen-bond donors (Lipinski definition) is 1. The number of nitrogens with zero attached hydrogens (tertiary/aromatic N) is 2. The summed E-state index contributed by atoms with van der Waals surface area (Å²) in [7, 11) is 0. The molecule has 1 aromatic heterocycles. The first-order valence-electron chi connectivity index (χ1n) is 5.46. The summed E-state index contributed by atoms with van der Waals surface area (Å²) in [5, 5.41) is 13.3. The molecule has 1 N–H and O–H groups in total. The Morgan fingerprint density at radius 1 is 1.35 bits per heavy atom. The van der Waals surface area contributed by atoms with Gasteiger partial charge in [0, 0.05) is 17.8 Å². The Balaban J connectivity index is 2.49. The molecule has 4 heteroatoms. The lowest BCUT2D eigenvalue weighted by Gasteiger charge is -2.04. The van der Waals surface area contributed by atoms with E-state index in [1.165, 1.54) is 0 Å². The summed E-state index contributed by atoms with van der Waals surface area (Å²) >= 11 is 0. The standard InChI is InChI=1S/C13H14N2O2/c1-9(2)15-8-10(7-14-15)11-5-3-4-6-12(11)13(16)17/h3-9H,1-2H3,(H,16,17). The molecule has 1 aromatic carbocycles. The molecule has 0 aliphatic heterocycles. The van der Waals surface area contributed by atoms with Crippen LogP contribution in [0.5, 0.6) is 0 Å². The van der Waals surface area contributed by atoms with Crippen molar-refractivity contribution in [2.75, 3.05) is 0 Å². The molecule has 0 unspecified atom stereocenters. The van der Waals surface area contributed by atoms with E-state index in [-0.39, 0.29) is 6.04 Å². The Labute approximate surface area is 99.5 Å². The Morgan fingerprint density at radius 3 is 2.65 bits per heavy atom. The highest BCUT2D eigenvalue weighted by atomic mass is 16.4. The topological polar surface area (TPSA) is 55.1 Å². The van der Waals surface area contributed by atoms with Crippen LogP contribution in [-0.2, 0) is 0 Å². The quantitative estimate of drug-likeness (QED) is 0.882. The van der Waals surface area contributed by atoms with Crippen molar-refractivity contribution in [1.29, 1.82) is 0 Å². The smallest absolute Gasteiger partial charge is 0.336 e. The molecule has 0 aliphatic carbocycles. The average molecular weight is 230 g/mol. The summed E-state index contributed by atoms with van der Waals surface area (Å²) in [6.07, 6.45) is 3.56. The van der Waals surface area contributed by atoms with Crippen molar-refractivity contribution >= 4 is 5.97 Å². The second-order valence-electron chi connectivity index (χ2n) is 4.15. The van der Waals surface area contributed by atoms with E-state index in [9.17, 15) is 4.79 Å². The van der Waals surface area contributed by atoms with E-state index in [1.54, 1.807) is 24.4 Å². The molecule has 0 fully saturated rings. The van der Waals surface area contributed by atoms with Crippen LogP contribution in [0.2, 0.25) is 0 Å². The summed E-state index contributed by atoms with van der Waals surface area (Å²) in [5.41, 5.74) is 1.83. The number of carboxylic acids is 1. The third-order valence-corrected chi connectivity index (χ3v) is 2.60. The Hall–Kier alpha value is -2.10. The maximum Gasteiger partial charge on any atom is 0.336 e. The fraction of sp³-hybridized carbons (Fsp3) is 0.231. The number of carbonyl (C=O) groups is 1. The van der Waals surface area contributed by atoms with E-state index in [0.29, 0.717) is 11.1 Å². The SMILES string of the molecule is CC(C)n1cc(-c2ccccc2C(=O)O)cn1. The zero-order valence-corrected chi connectivity index (χ0v) is 9.79. The van der Waals surface area contributed by atoms with Crippen LogP contribution in [0, 0.1) is 0 Å². The lowest BCUT2D eigenvalue weighted by Crippen LogP contribution is -2.00. The third kappa shape index (κ3) is 2.20. The van der Waals surface area contributed by atoms with Gasteiger partial charge in [-0.3, -0.25) is 4.68 Å². The van der Waals surface area contributed by atoms with Gasteiger partial charge in [0.1, 0.15) is 0 Å². The number of benzene rings is 1. The molecular formula is C13H14N2O2. The van der Waals surface area contributed by atoms with Crippen LogP contribution in [0.4, 0.5) is 0 Å². The summed E-state index contributed by atoms with van der Waals surface area (Å²) in [6.45, 7) is 4.06. The number of aromatic nitrogens is 2. The van der Waals surface area contributed by atoms with Gasteiger partial charge in [0.2, 0.25) is 0 Å². The van der Waals surface area contributed by atoms with Crippen LogP contribution < -0.4 is 0 Å². The maximum absolute atomic E-state index is 11.1. The minimum absolute atomic E-state index is 0.265. The predicted octanol–water partition coefficient (Wildman–Crippen LogP) is 2.83. The normalized spacial score (nSPS) is 10.8. The number of aromatic carboxylic acids is 1. The van der Waals surface area contributed by atoms with Gasteiger partial charge in [-0.2, -0.15) is 5.10 Å². The molecule has 17 heavy (non-hydrogen) atoms. The first kappa shape index (κ1) is 11.4. The third-order valence-electron chi connectivity index (χ3n) is 2.60. The zero-order chi connectivity index (χ0) is 12.4. The summed E-state index contributed by atoms with van der Waals surface area (Å²) in [5.74, 6) is -0.919. The Morgan fingerprint density at radius 2 is 2.06 bits per heavy atom. The van der Waals surface area contributed by atoms with Crippen molar-refractivity contribution in [2.24, 2.45) is 0 Å². The van der Waals surface area contributed by atoms with E-state index in [2.05, 4.69) is 5.10 Å². The molecule has 2 rings (SSSR count). The van der Waals surface area contributed by atoms with Gasteiger partial charge in [-0.15, -0.1) is 0 Å². The highest BCUT2D eigenvalue weighted by molar-refractivity contribution is 5.95. The van der Waals surface area contributed by atoms with Gasteiger partial charge in [0.15, 0.2) is 0 Å². The van der Waals surface area contributed by atoms with E-state index in [0.717, 1.165) is 5.56 Å². The molecule has 0 saturated carbocycles. The van der Waals surface area contributed by atoms with Crippen molar-refractivity contribution in [3.05, 3.63) is 42.2 Å². The van der Waals surface area contributed by atoms with Crippen molar-refractivity contribution in [1.82, 2.24) is 9.78 Å². The van der Waals surface area contributed by atoms with Gasteiger partial charge in [-0.1, -0.05) is 18.2 Å². The van der Waals surface area contributed by atoms with Crippen molar-refractivity contribution in [2.45, 2.75) is 19.9 Å². The summed E-state index contributed by atoms with van der Waals surface area (Å²) in [4.78, 5) is 11.1. The van der Waals surface area contributed by atoms with Crippen molar-refractivity contribution in [3.63, 3.8) is 0 Å². The fourth-order valence-corrected chi connectivity index (χ4v) is 1.68. The van der Waals surface area contributed by atoms with Crippen molar-refractivity contribution < 1.29 is 9.90 Å². The second-order valence-corrected chi connectivity index (χ2v) is 4.15. The number of rotatable bonds is 3. The van der Waals surface area contributed by atoms with Crippen LogP contribution in [0.25, 0.3) is 11.1 Å². The molecule has 0 saturated heterocycles. The van der Waals surface area contributed by atoms with Crippen molar-refractivity contribution in [3.8, 4) is 11.1 Å². The molecule has 4 nitrogen and oxygen atoms in total. The average Bonchev–Trinajstić information content (AvgIpc) is 2.78. The lowest BCUT2D eigenvalue weighted by molar-refractivity contribution is 0.0697. The highest BCUT2D eigenvalue weighted by Crippen LogP contribution is 2.23. The number of carboxylic acid groups (broad SMARTS) is 1. The molecule has 0 aliphatic rings. The Kier molecular flexibility index (Phi) is 2.95. The van der Waals surface area contributed by atoms with E-state index in [1.807, 2.05) is 30.8 Å². The van der Waals surface area contributed by atoms with Crippen LogP contribution in [0.3, 0.4) is 0 Å². The monoisotopic (exact) mass is 230 g/mol.